The SMILES string of the molecule is NC(C(=O)O)c1csc(Br)c1. The zero-order chi connectivity index (χ0) is 8.43. The topological polar surface area (TPSA) is 63.3 Å². The Hall–Kier alpha value is -0.390. The number of hydrogen-bond donors (Lipinski definition) is 2. The number of carbonyl (C=O) groups is 1. The van der Waals surface area contributed by atoms with Gasteiger partial charge in [-0.3, -0.25) is 4.79 Å². The van der Waals surface area contributed by atoms with Gasteiger partial charge in [-0.1, -0.05) is 0 Å². The molecule has 0 amide bonds. The highest BCUT2D eigenvalue weighted by Gasteiger charge is 2.14. The summed E-state index contributed by atoms with van der Waals surface area (Å²) in [6.45, 7) is 0. The van der Waals surface area contributed by atoms with Gasteiger partial charge in [0.1, 0.15) is 6.04 Å². The number of carboxylic acid groups (broad SMARTS) is 1. The summed E-state index contributed by atoms with van der Waals surface area (Å²) in [5.41, 5.74) is 5.97. The minimum Gasteiger partial charge on any atom is -0.480 e. The molecular formula is C6H6BrNO2S. The van der Waals surface area contributed by atoms with Gasteiger partial charge in [-0.2, -0.15) is 0 Å². The van der Waals surface area contributed by atoms with Gasteiger partial charge in [0.25, 0.3) is 0 Å². The average molecular weight is 236 g/mol. The third-order valence-electron chi connectivity index (χ3n) is 1.21. The lowest BCUT2D eigenvalue weighted by molar-refractivity contribution is -0.138. The van der Waals surface area contributed by atoms with Crippen LogP contribution in [0.1, 0.15) is 11.6 Å². The number of rotatable bonds is 2. The lowest BCUT2D eigenvalue weighted by Crippen LogP contribution is -2.19. The van der Waals surface area contributed by atoms with E-state index in [1.54, 1.807) is 11.4 Å². The van der Waals surface area contributed by atoms with Crippen LogP contribution in [0.15, 0.2) is 15.2 Å². The van der Waals surface area contributed by atoms with E-state index in [1.165, 1.54) is 11.3 Å². The summed E-state index contributed by atoms with van der Waals surface area (Å²) in [5.74, 6) is -1.00. The highest BCUT2D eigenvalue weighted by atomic mass is 79.9. The largest absolute Gasteiger partial charge is 0.480 e. The zero-order valence-corrected chi connectivity index (χ0v) is 7.85. The van der Waals surface area contributed by atoms with Gasteiger partial charge >= 0.3 is 5.97 Å². The van der Waals surface area contributed by atoms with Crippen molar-refractivity contribution in [3.63, 3.8) is 0 Å². The molecule has 0 aliphatic carbocycles. The number of halogens is 1. The summed E-state index contributed by atoms with van der Waals surface area (Å²) >= 11 is 4.64. The third-order valence-corrected chi connectivity index (χ3v) is 2.74. The van der Waals surface area contributed by atoms with Crippen molar-refractivity contribution in [2.45, 2.75) is 6.04 Å². The Kier molecular flexibility index (Phi) is 2.64. The van der Waals surface area contributed by atoms with Crippen molar-refractivity contribution in [2.24, 2.45) is 5.73 Å². The second-order valence-electron chi connectivity index (χ2n) is 2.00. The molecule has 5 heteroatoms. The van der Waals surface area contributed by atoms with Crippen molar-refractivity contribution < 1.29 is 9.90 Å². The van der Waals surface area contributed by atoms with E-state index in [0.29, 0.717) is 5.56 Å². The van der Waals surface area contributed by atoms with Crippen LogP contribution in [-0.4, -0.2) is 11.1 Å². The standard InChI is InChI=1S/C6H6BrNO2S/c7-4-1-3(2-11-4)5(8)6(9)10/h1-2,5H,8H2,(H,9,10). The van der Waals surface area contributed by atoms with Gasteiger partial charge in [0.15, 0.2) is 0 Å². The summed E-state index contributed by atoms with van der Waals surface area (Å²) in [5, 5.41) is 10.2. The molecular weight excluding hydrogens is 230 g/mol. The van der Waals surface area contributed by atoms with E-state index in [0.717, 1.165) is 3.79 Å². The molecule has 1 aromatic heterocycles. The molecule has 0 saturated heterocycles. The lowest BCUT2D eigenvalue weighted by atomic mass is 10.2. The Labute approximate surface area is 76.0 Å². The Morgan fingerprint density at radius 1 is 1.82 bits per heavy atom. The highest BCUT2D eigenvalue weighted by molar-refractivity contribution is 9.11. The molecule has 3 N–H and O–H groups in total. The second-order valence-corrected chi connectivity index (χ2v) is 4.29. The number of aliphatic carboxylic acids is 1. The summed E-state index contributed by atoms with van der Waals surface area (Å²) in [6.07, 6.45) is 0. The van der Waals surface area contributed by atoms with Gasteiger partial charge in [0, 0.05) is 0 Å². The first-order chi connectivity index (χ1) is 5.11. The molecule has 3 nitrogen and oxygen atoms in total. The van der Waals surface area contributed by atoms with Crippen LogP contribution in [0.5, 0.6) is 0 Å². The van der Waals surface area contributed by atoms with Crippen molar-refractivity contribution in [1.29, 1.82) is 0 Å². The van der Waals surface area contributed by atoms with Gasteiger partial charge in [0.05, 0.1) is 3.79 Å². The first kappa shape index (κ1) is 8.70. The van der Waals surface area contributed by atoms with Gasteiger partial charge in [0.2, 0.25) is 0 Å². The first-order valence-corrected chi connectivity index (χ1v) is 4.51. The molecule has 1 rings (SSSR count). The average Bonchev–Trinajstić information content (AvgIpc) is 2.34. The maximum atomic E-state index is 10.4. The van der Waals surface area contributed by atoms with E-state index < -0.39 is 12.0 Å². The van der Waals surface area contributed by atoms with Crippen molar-refractivity contribution in [2.75, 3.05) is 0 Å². The van der Waals surface area contributed by atoms with E-state index >= 15 is 0 Å². The van der Waals surface area contributed by atoms with Gasteiger partial charge < -0.3 is 10.8 Å². The summed E-state index contributed by atoms with van der Waals surface area (Å²) in [7, 11) is 0. The maximum Gasteiger partial charge on any atom is 0.325 e. The molecule has 1 aromatic rings. The van der Waals surface area contributed by atoms with Crippen LogP contribution in [0.2, 0.25) is 0 Å². The molecule has 0 aliphatic rings. The summed E-state index contributed by atoms with van der Waals surface area (Å²) in [4.78, 5) is 10.4. The van der Waals surface area contributed by atoms with E-state index in [-0.39, 0.29) is 0 Å². The van der Waals surface area contributed by atoms with Crippen LogP contribution in [-0.2, 0) is 4.79 Å². The Bertz CT molecular complexity index is 273. The summed E-state index contributed by atoms with van der Waals surface area (Å²) < 4.78 is 0.893. The third kappa shape index (κ3) is 2.02. The van der Waals surface area contributed by atoms with E-state index in [2.05, 4.69) is 15.9 Å². The number of nitrogens with two attached hydrogens (primary N) is 1. The normalized spacial score (nSPS) is 12.9. The van der Waals surface area contributed by atoms with Gasteiger partial charge in [-0.25, -0.2) is 0 Å². The van der Waals surface area contributed by atoms with Crippen LogP contribution in [0, 0.1) is 0 Å². The fraction of sp³-hybridized carbons (Fsp3) is 0.167. The lowest BCUT2D eigenvalue weighted by Gasteiger charge is -2.00. The second kappa shape index (κ2) is 3.34. The molecule has 0 bridgehead atoms. The Morgan fingerprint density at radius 2 is 2.45 bits per heavy atom. The minimum absolute atomic E-state index is 0.634. The molecule has 1 heterocycles. The van der Waals surface area contributed by atoms with Crippen LogP contribution in [0.3, 0.4) is 0 Å². The Morgan fingerprint density at radius 3 is 2.82 bits per heavy atom. The molecule has 1 unspecified atom stereocenters. The molecule has 0 aliphatic heterocycles. The fourth-order valence-electron chi connectivity index (χ4n) is 0.629. The van der Waals surface area contributed by atoms with Gasteiger partial charge in [-0.05, 0) is 32.9 Å². The highest BCUT2D eigenvalue weighted by Crippen LogP contribution is 2.24. The molecule has 0 aromatic carbocycles. The number of thiophene rings is 1. The summed E-state index contributed by atoms with van der Waals surface area (Å²) in [6, 6.07) is 0.807. The van der Waals surface area contributed by atoms with E-state index in [1.807, 2.05) is 0 Å². The van der Waals surface area contributed by atoms with Crippen molar-refractivity contribution >= 4 is 33.2 Å². The van der Waals surface area contributed by atoms with Crippen LogP contribution in [0.25, 0.3) is 0 Å². The van der Waals surface area contributed by atoms with Crippen molar-refractivity contribution in [1.82, 2.24) is 0 Å². The molecule has 0 spiro atoms. The fourth-order valence-corrected chi connectivity index (χ4v) is 1.84. The van der Waals surface area contributed by atoms with Crippen molar-refractivity contribution in [3.05, 3.63) is 20.8 Å². The number of carboxylic acids is 1. The maximum absolute atomic E-state index is 10.4. The predicted molar refractivity (Wildman–Crippen MR) is 46.6 cm³/mol. The molecule has 0 radical (unpaired) electrons. The molecule has 1 atom stereocenters. The molecule has 0 fully saturated rings. The first-order valence-electron chi connectivity index (χ1n) is 2.83. The molecule has 0 saturated carbocycles. The quantitative estimate of drug-likeness (QED) is 0.819. The molecule has 60 valence electrons. The zero-order valence-electron chi connectivity index (χ0n) is 5.45. The molecule has 11 heavy (non-hydrogen) atoms. The van der Waals surface area contributed by atoms with Gasteiger partial charge in [-0.15, -0.1) is 11.3 Å². The van der Waals surface area contributed by atoms with Crippen LogP contribution >= 0.6 is 27.3 Å². The minimum atomic E-state index is -1.00. The Balaban J connectivity index is 2.84. The van der Waals surface area contributed by atoms with E-state index in [4.69, 9.17) is 10.8 Å². The number of hydrogen-bond acceptors (Lipinski definition) is 3. The van der Waals surface area contributed by atoms with Crippen molar-refractivity contribution in [3.8, 4) is 0 Å². The van der Waals surface area contributed by atoms with Crippen LogP contribution in [0.4, 0.5) is 0 Å². The smallest absolute Gasteiger partial charge is 0.325 e. The van der Waals surface area contributed by atoms with Crippen LogP contribution < -0.4 is 5.73 Å². The predicted octanol–water partition coefficient (Wildman–Crippen LogP) is 1.60. The van der Waals surface area contributed by atoms with E-state index in [9.17, 15) is 4.79 Å². The monoisotopic (exact) mass is 235 g/mol.